The Kier molecular flexibility index (Phi) is 3.77. The number of hydrogen-bond donors (Lipinski definition) is 0. The molecule has 0 saturated carbocycles. The second-order valence-corrected chi connectivity index (χ2v) is 5.60. The minimum Gasteiger partial charge on any atom is -0.464 e. The summed E-state index contributed by atoms with van der Waals surface area (Å²) in [6.45, 7) is 1.78. The van der Waals surface area contributed by atoms with Gasteiger partial charge in [-0.3, -0.25) is 0 Å². The van der Waals surface area contributed by atoms with E-state index in [1.54, 1.807) is 13.0 Å². The Morgan fingerprint density at radius 2 is 2.22 bits per heavy atom. The summed E-state index contributed by atoms with van der Waals surface area (Å²) in [5.41, 5.74) is 0.895. The third-order valence-electron chi connectivity index (χ3n) is 2.33. The Hall–Kier alpha value is -1.27. The van der Waals surface area contributed by atoms with E-state index in [0.29, 0.717) is 10.6 Å². The number of halogens is 2. The lowest BCUT2D eigenvalue weighted by Gasteiger charge is -2.00. The van der Waals surface area contributed by atoms with Crippen molar-refractivity contribution in [3.8, 4) is 10.6 Å². The van der Waals surface area contributed by atoms with Gasteiger partial charge in [0.05, 0.1) is 7.11 Å². The smallest absolute Gasteiger partial charge is 0.357 e. The van der Waals surface area contributed by atoms with Gasteiger partial charge in [0.2, 0.25) is 0 Å². The van der Waals surface area contributed by atoms with Gasteiger partial charge in [0.25, 0.3) is 0 Å². The Balaban J connectivity index is 2.52. The first-order chi connectivity index (χ1) is 8.52. The fourth-order valence-electron chi connectivity index (χ4n) is 1.46. The van der Waals surface area contributed by atoms with Crippen molar-refractivity contribution in [1.82, 2.24) is 4.98 Å². The van der Waals surface area contributed by atoms with Crippen molar-refractivity contribution in [3.05, 3.63) is 39.1 Å². The molecule has 6 heteroatoms. The maximum absolute atomic E-state index is 13.2. The van der Waals surface area contributed by atoms with E-state index >= 15 is 0 Å². The predicted molar refractivity (Wildman–Crippen MR) is 71.3 cm³/mol. The molecular weight excluding hydrogens is 321 g/mol. The molecule has 0 atom stereocenters. The SMILES string of the molecule is COC(=O)c1nc(-c2cc(F)ccc2Br)sc1C. The highest BCUT2D eigenvalue weighted by atomic mass is 79.9. The summed E-state index contributed by atoms with van der Waals surface area (Å²) in [4.78, 5) is 16.4. The minimum absolute atomic E-state index is 0.272. The molecule has 0 N–H and O–H groups in total. The highest BCUT2D eigenvalue weighted by Crippen LogP contribution is 2.33. The predicted octanol–water partition coefficient (Wildman–Crippen LogP) is 3.81. The quantitative estimate of drug-likeness (QED) is 0.786. The summed E-state index contributed by atoms with van der Waals surface area (Å²) < 4.78 is 18.6. The molecule has 0 bridgehead atoms. The molecule has 18 heavy (non-hydrogen) atoms. The van der Waals surface area contributed by atoms with Gasteiger partial charge in [-0.2, -0.15) is 0 Å². The van der Waals surface area contributed by atoms with Crippen LogP contribution in [-0.2, 0) is 4.74 Å². The Morgan fingerprint density at radius 1 is 1.50 bits per heavy atom. The lowest BCUT2D eigenvalue weighted by molar-refractivity contribution is 0.0594. The van der Waals surface area contributed by atoms with Crippen molar-refractivity contribution in [2.24, 2.45) is 0 Å². The first kappa shape index (κ1) is 13.2. The maximum Gasteiger partial charge on any atom is 0.357 e. The summed E-state index contributed by atoms with van der Waals surface area (Å²) in [6, 6.07) is 4.35. The van der Waals surface area contributed by atoms with E-state index in [0.717, 1.165) is 9.35 Å². The van der Waals surface area contributed by atoms with Crippen molar-refractivity contribution in [2.75, 3.05) is 7.11 Å². The molecule has 2 rings (SSSR count). The van der Waals surface area contributed by atoms with Crippen LogP contribution in [0.4, 0.5) is 4.39 Å². The first-order valence-electron chi connectivity index (χ1n) is 5.04. The van der Waals surface area contributed by atoms with Crippen LogP contribution in [0.2, 0.25) is 0 Å². The van der Waals surface area contributed by atoms with Crippen LogP contribution in [0.25, 0.3) is 10.6 Å². The number of ether oxygens (including phenoxy) is 1. The van der Waals surface area contributed by atoms with E-state index in [-0.39, 0.29) is 11.5 Å². The molecule has 0 aliphatic heterocycles. The molecule has 1 heterocycles. The van der Waals surface area contributed by atoms with E-state index in [4.69, 9.17) is 0 Å². The van der Waals surface area contributed by atoms with Crippen LogP contribution < -0.4 is 0 Å². The van der Waals surface area contributed by atoms with E-state index in [2.05, 4.69) is 25.7 Å². The summed E-state index contributed by atoms with van der Waals surface area (Å²) in [7, 11) is 1.30. The number of carbonyl (C=O) groups is 1. The normalized spacial score (nSPS) is 10.4. The molecule has 0 spiro atoms. The molecule has 0 aliphatic carbocycles. The standard InChI is InChI=1S/C12H9BrFNO2S/c1-6-10(12(16)17-2)15-11(18-6)8-5-7(14)3-4-9(8)13/h3-5H,1-2H3. The lowest BCUT2D eigenvalue weighted by atomic mass is 10.2. The number of methoxy groups -OCH3 is 1. The summed E-state index contributed by atoms with van der Waals surface area (Å²) in [6.07, 6.45) is 0. The van der Waals surface area contributed by atoms with Crippen LogP contribution in [0.5, 0.6) is 0 Å². The van der Waals surface area contributed by atoms with Crippen LogP contribution in [-0.4, -0.2) is 18.1 Å². The number of rotatable bonds is 2. The molecule has 0 amide bonds. The van der Waals surface area contributed by atoms with Crippen LogP contribution in [0.3, 0.4) is 0 Å². The lowest BCUT2D eigenvalue weighted by Crippen LogP contribution is -2.03. The van der Waals surface area contributed by atoms with Crippen LogP contribution in [0.15, 0.2) is 22.7 Å². The van der Waals surface area contributed by atoms with E-state index in [1.165, 1.54) is 30.6 Å². The van der Waals surface area contributed by atoms with Gasteiger partial charge < -0.3 is 4.74 Å². The summed E-state index contributed by atoms with van der Waals surface area (Å²) in [5.74, 6) is -0.830. The van der Waals surface area contributed by atoms with Gasteiger partial charge in [-0.1, -0.05) is 15.9 Å². The number of hydrogen-bond acceptors (Lipinski definition) is 4. The molecule has 3 nitrogen and oxygen atoms in total. The Morgan fingerprint density at radius 3 is 2.89 bits per heavy atom. The summed E-state index contributed by atoms with van der Waals surface area (Å²) in [5, 5.41) is 0.583. The van der Waals surface area contributed by atoms with Crippen molar-refractivity contribution in [1.29, 1.82) is 0 Å². The van der Waals surface area contributed by atoms with Gasteiger partial charge in [-0.05, 0) is 25.1 Å². The zero-order chi connectivity index (χ0) is 13.3. The number of esters is 1. The third-order valence-corrected chi connectivity index (χ3v) is 4.03. The van der Waals surface area contributed by atoms with E-state index < -0.39 is 5.97 Å². The topological polar surface area (TPSA) is 39.2 Å². The number of thiazole rings is 1. The van der Waals surface area contributed by atoms with Gasteiger partial charge >= 0.3 is 5.97 Å². The third kappa shape index (κ3) is 2.44. The molecular formula is C12H9BrFNO2S. The van der Waals surface area contributed by atoms with Gasteiger partial charge in [-0.25, -0.2) is 14.2 Å². The molecule has 94 valence electrons. The van der Waals surface area contributed by atoms with Gasteiger partial charge in [0, 0.05) is 14.9 Å². The van der Waals surface area contributed by atoms with Crippen LogP contribution in [0.1, 0.15) is 15.4 Å². The van der Waals surface area contributed by atoms with Gasteiger partial charge in [-0.15, -0.1) is 11.3 Å². The molecule has 0 radical (unpaired) electrons. The number of nitrogens with zero attached hydrogens (tertiary/aromatic N) is 1. The number of aromatic nitrogens is 1. The zero-order valence-electron chi connectivity index (χ0n) is 9.66. The van der Waals surface area contributed by atoms with Crippen molar-refractivity contribution >= 4 is 33.2 Å². The summed E-state index contributed by atoms with van der Waals surface area (Å²) >= 11 is 4.66. The monoisotopic (exact) mass is 329 g/mol. The Labute approximate surface area is 116 Å². The van der Waals surface area contributed by atoms with Gasteiger partial charge in [0.1, 0.15) is 10.8 Å². The molecule has 1 aromatic carbocycles. The molecule has 1 aromatic heterocycles. The Bertz CT molecular complexity index is 612. The molecule has 0 aliphatic rings. The van der Waals surface area contributed by atoms with Gasteiger partial charge in [0.15, 0.2) is 5.69 Å². The highest BCUT2D eigenvalue weighted by Gasteiger charge is 2.18. The van der Waals surface area contributed by atoms with E-state index in [9.17, 15) is 9.18 Å². The second-order valence-electron chi connectivity index (χ2n) is 3.54. The number of carbonyl (C=O) groups excluding carboxylic acids is 1. The molecule has 2 aromatic rings. The second kappa shape index (κ2) is 5.16. The number of benzene rings is 1. The van der Waals surface area contributed by atoms with Crippen molar-refractivity contribution < 1.29 is 13.9 Å². The molecule has 0 saturated heterocycles. The average molecular weight is 330 g/mol. The van der Waals surface area contributed by atoms with Crippen LogP contribution >= 0.6 is 27.3 Å². The first-order valence-corrected chi connectivity index (χ1v) is 6.65. The highest BCUT2D eigenvalue weighted by molar-refractivity contribution is 9.10. The maximum atomic E-state index is 13.2. The fraction of sp³-hybridized carbons (Fsp3) is 0.167. The van der Waals surface area contributed by atoms with Crippen molar-refractivity contribution in [2.45, 2.75) is 6.92 Å². The molecule has 0 fully saturated rings. The van der Waals surface area contributed by atoms with Crippen molar-refractivity contribution in [3.63, 3.8) is 0 Å². The zero-order valence-corrected chi connectivity index (χ0v) is 12.1. The average Bonchev–Trinajstić information content (AvgIpc) is 2.73. The largest absolute Gasteiger partial charge is 0.464 e. The minimum atomic E-state index is -0.484. The number of aryl methyl sites for hydroxylation is 1. The molecule has 0 unspecified atom stereocenters. The van der Waals surface area contributed by atoms with E-state index in [1.807, 2.05) is 0 Å². The van der Waals surface area contributed by atoms with Crippen LogP contribution in [0, 0.1) is 12.7 Å². The fourth-order valence-corrected chi connectivity index (χ4v) is 2.96.